The van der Waals surface area contributed by atoms with Crippen LogP contribution in [0, 0.1) is 5.41 Å². The minimum atomic E-state index is -0.124. The third-order valence-electron chi connectivity index (χ3n) is 3.97. The van der Waals surface area contributed by atoms with E-state index < -0.39 is 0 Å². The molecule has 1 N–H and O–H groups in total. The summed E-state index contributed by atoms with van der Waals surface area (Å²) in [6.07, 6.45) is 7.11. The van der Waals surface area contributed by atoms with E-state index in [1.54, 1.807) is 0 Å². The Morgan fingerprint density at radius 3 is 2.07 bits per heavy atom. The number of carbonyl (C=O) groups is 1. The van der Waals surface area contributed by atoms with Crippen molar-refractivity contribution >= 4 is 5.91 Å². The smallest absolute Gasteiger partial charge is 0.234 e. The van der Waals surface area contributed by atoms with Gasteiger partial charge in [-0.2, -0.15) is 0 Å². The van der Waals surface area contributed by atoms with Gasteiger partial charge in [0.25, 0.3) is 0 Å². The van der Waals surface area contributed by atoms with Gasteiger partial charge in [-0.25, -0.2) is 0 Å². The van der Waals surface area contributed by atoms with Gasteiger partial charge < -0.3 is 5.32 Å². The fourth-order valence-corrected chi connectivity index (χ4v) is 2.85. The van der Waals surface area contributed by atoms with Crippen LogP contribution in [0.3, 0.4) is 0 Å². The zero-order valence-electron chi connectivity index (χ0n) is 9.15. The molecule has 2 rings (SSSR count). The lowest BCUT2D eigenvalue weighted by atomic mass is 9.75. The monoisotopic (exact) mass is 193 g/mol. The van der Waals surface area contributed by atoms with E-state index in [4.69, 9.17) is 0 Å². The van der Waals surface area contributed by atoms with Crippen LogP contribution in [-0.4, -0.2) is 5.91 Å². The molecule has 2 heteroatoms. The van der Waals surface area contributed by atoms with Crippen molar-refractivity contribution in [2.75, 3.05) is 0 Å². The van der Waals surface area contributed by atoms with E-state index in [1.165, 1.54) is 31.3 Å². The standard InChI is InChI=1S/C12H19NO/c1-9-10(2)13-11(14)12(9)7-5-3-4-6-8-12/h3-8H2,1-2H3,(H,13,14). The van der Waals surface area contributed by atoms with Gasteiger partial charge in [0.05, 0.1) is 5.41 Å². The minimum absolute atomic E-state index is 0.124. The Hall–Kier alpha value is -0.790. The molecular weight excluding hydrogens is 174 g/mol. The maximum atomic E-state index is 12.0. The maximum Gasteiger partial charge on any atom is 0.234 e. The van der Waals surface area contributed by atoms with E-state index in [0.717, 1.165) is 18.5 Å². The Balaban J connectivity index is 2.32. The number of hydrogen-bond donors (Lipinski definition) is 1. The largest absolute Gasteiger partial charge is 0.329 e. The molecule has 0 aromatic carbocycles. The van der Waals surface area contributed by atoms with Crippen LogP contribution < -0.4 is 5.32 Å². The lowest BCUT2D eigenvalue weighted by molar-refractivity contribution is -0.127. The minimum Gasteiger partial charge on any atom is -0.329 e. The second-order valence-electron chi connectivity index (χ2n) is 4.70. The van der Waals surface area contributed by atoms with Crippen LogP contribution in [0.15, 0.2) is 11.3 Å². The van der Waals surface area contributed by atoms with Crippen molar-refractivity contribution in [3.8, 4) is 0 Å². The molecule has 0 bridgehead atoms. The van der Waals surface area contributed by atoms with Crippen LogP contribution in [0.2, 0.25) is 0 Å². The summed E-state index contributed by atoms with van der Waals surface area (Å²) in [6, 6.07) is 0. The highest BCUT2D eigenvalue weighted by Crippen LogP contribution is 2.45. The van der Waals surface area contributed by atoms with Crippen LogP contribution in [0.25, 0.3) is 0 Å². The maximum absolute atomic E-state index is 12.0. The SMILES string of the molecule is CC1=C(C)C2(CCCCCC2)C(=O)N1. The Labute approximate surface area is 85.8 Å². The molecule has 1 fully saturated rings. The van der Waals surface area contributed by atoms with E-state index >= 15 is 0 Å². The van der Waals surface area contributed by atoms with Gasteiger partial charge in [0.1, 0.15) is 0 Å². The molecule has 1 spiro atoms. The van der Waals surface area contributed by atoms with Crippen molar-refractivity contribution in [1.29, 1.82) is 0 Å². The van der Waals surface area contributed by atoms with Crippen molar-refractivity contribution in [1.82, 2.24) is 5.32 Å². The zero-order valence-corrected chi connectivity index (χ0v) is 9.15. The fourth-order valence-electron chi connectivity index (χ4n) is 2.85. The Kier molecular flexibility index (Phi) is 2.38. The first-order valence-electron chi connectivity index (χ1n) is 5.66. The molecule has 78 valence electrons. The lowest BCUT2D eigenvalue weighted by Gasteiger charge is -2.26. The van der Waals surface area contributed by atoms with E-state index in [9.17, 15) is 4.79 Å². The van der Waals surface area contributed by atoms with Crippen LogP contribution in [0.4, 0.5) is 0 Å². The van der Waals surface area contributed by atoms with E-state index in [1.807, 2.05) is 6.92 Å². The van der Waals surface area contributed by atoms with Gasteiger partial charge in [0.15, 0.2) is 0 Å². The summed E-state index contributed by atoms with van der Waals surface area (Å²) in [4.78, 5) is 12.0. The van der Waals surface area contributed by atoms with Gasteiger partial charge >= 0.3 is 0 Å². The van der Waals surface area contributed by atoms with Gasteiger partial charge in [0, 0.05) is 5.70 Å². The van der Waals surface area contributed by atoms with Crippen LogP contribution >= 0.6 is 0 Å². The highest BCUT2D eigenvalue weighted by molar-refractivity contribution is 5.90. The molecule has 0 radical (unpaired) electrons. The Morgan fingerprint density at radius 2 is 1.64 bits per heavy atom. The third kappa shape index (κ3) is 1.28. The average molecular weight is 193 g/mol. The number of rotatable bonds is 0. The van der Waals surface area contributed by atoms with Gasteiger partial charge in [0.2, 0.25) is 5.91 Å². The van der Waals surface area contributed by atoms with Crippen LogP contribution in [-0.2, 0) is 4.79 Å². The topological polar surface area (TPSA) is 29.1 Å². The molecule has 2 aliphatic rings. The van der Waals surface area contributed by atoms with Gasteiger partial charge in [-0.05, 0) is 32.3 Å². The Bertz CT molecular complexity index is 283. The number of nitrogens with one attached hydrogen (secondary N) is 1. The Morgan fingerprint density at radius 1 is 1.07 bits per heavy atom. The summed E-state index contributed by atoms with van der Waals surface area (Å²) in [5.41, 5.74) is 2.27. The predicted molar refractivity (Wildman–Crippen MR) is 56.7 cm³/mol. The van der Waals surface area contributed by atoms with E-state index in [2.05, 4.69) is 12.2 Å². The summed E-state index contributed by atoms with van der Waals surface area (Å²) in [5.74, 6) is 0.259. The number of hydrogen-bond acceptors (Lipinski definition) is 1. The molecule has 1 heterocycles. The molecule has 0 aromatic heterocycles. The molecular formula is C12H19NO. The first-order chi connectivity index (χ1) is 6.67. The van der Waals surface area contributed by atoms with E-state index in [0.29, 0.717) is 0 Å². The summed E-state index contributed by atoms with van der Waals surface area (Å²) in [6.45, 7) is 4.14. The van der Waals surface area contributed by atoms with Gasteiger partial charge in [-0.15, -0.1) is 0 Å². The molecule has 0 unspecified atom stereocenters. The highest BCUT2D eigenvalue weighted by Gasteiger charge is 2.44. The molecule has 1 saturated carbocycles. The van der Waals surface area contributed by atoms with Crippen LogP contribution in [0.1, 0.15) is 52.4 Å². The predicted octanol–water partition coefficient (Wildman–Crippen LogP) is 2.75. The molecule has 0 saturated heterocycles. The van der Waals surface area contributed by atoms with Crippen molar-refractivity contribution in [2.24, 2.45) is 5.41 Å². The van der Waals surface area contributed by atoms with Gasteiger partial charge in [-0.1, -0.05) is 25.7 Å². The normalized spacial score (nSPS) is 26.6. The molecule has 2 nitrogen and oxygen atoms in total. The van der Waals surface area contributed by atoms with Crippen molar-refractivity contribution in [2.45, 2.75) is 52.4 Å². The van der Waals surface area contributed by atoms with Gasteiger partial charge in [-0.3, -0.25) is 4.79 Å². The van der Waals surface area contributed by atoms with Crippen molar-refractivity contribution in [3.63, 3.8) is 0 Å². The summed E-state index contributed by atoms with van der Waals surface area (Å²) in [7, 11) is 0. The number of amides is 1. The zero-order chi connectivity index (χ0) is 10.2. The molecule has 1 aliphatic carbocycles. The summed E-state index contributed by atoms with van der Waals surface area (Å²) in [5, 5.41) is 3.00. The third-order valence-corrected chi connectivity index (χ3v) is 3.97. The van der Waals surface area contributed by atoms with Crippen molar-refractivity contribution < 1.29 is 4.79 Å². The lowest BCUT2D eigenvalue weighted by Crippen LogP contribution is -2.33. The fraction of sp³-hybridized carbons (Fsp3) is 0.750. The molecule has 1 amide bonds. The van der Waals surface area contributed by atoms with Crippen LogP contribution in [0.5, 0.6) is 0 Å². The number of carbonyl (C=O) groups excluding carboxylic acids is 1. The average Bonchev–Trinajstić information content (AvgIpc) is 2.38. The highest BCUT2D eigenvalue weighted by atomic mass is 16.2. The number of allylic oxidation sites excluding steroid dienone is 1. The molecule has 14 heavy (non-hydrogen) atoms. The molecule has 0 aromatic rings. The first kappa shape index (κ1) is 9.75. The van der Waals surface area contributed by atoms with E-state index in [-0.39, 0.29) is 11.3 Å². The summed E-state index contributed by atoms with van der Waals surface area (Å²) >= 11 is 0. The second kappa shape index (κ2) is 3.41. The second-order valence-corrected chi connectivity index (χ2v) is 4.70. The molecule has 0 atom stereocenters. The summed E-state index contributed by atoms with van der Waals surface area (Å²) < 4.78 is 0. The van der Waals surface area contributed by atoms with Crippen molar-refractivity contribution in [3.05, 3.63) is 11.3 Å². The quantitative estimate of drug-likeness (QED) is 0.629. The molecule has 1 aliphatic heterocycles. The first-order valence-corrected chi connectivity index (χ1v) is 5.66.